The third kappa shape index (κ3) is 2.30. The molecular formula is C14H19N3. The van der Waals surface area contributed by atoms with Crippen LogP contribution in [0.1, 0.15) is 31.9 Å². The number of aromatic nitrogens is 1. The Labute approximate surface area is 102 Å². The van der Waals surface area contributed by atoms with E-state index in [2.05, 4.69) is 36.4 Å². The normalized spacial score (nSPS) is 14.8. The van der Waals surface area contributed by atoms with Crippen LogP contribution in [-0.2, 0) is 0 Å². The predicted octanol–water partition coefficient (Wildman–Crippen LogP) is 2.79. The Morgan fingerprint density at radius 2 is 2.12 bits per heavy atom. The highest BCUT2D eigenvalue weighted by Crippen LogP contribution is 2.28. The maximum absolute atomic E-state index is 5.70. The summed E-state index contributed by atoms with van der Waals surface area (Å²) >= 11 is 0. The first-order chi connectivity index (χ1) is 8.27. The van der Waals surface area contributed by atoms with Gasteiger partial charge in [0.25, 0.3) is 0 Å². The first-order valence-electron chi connectivity index (χ1n) is 6.07. The number of nitrogens with one attached hydrogen (secondary N) is 1. The van der Waals surface area contributed by atoms with E-state index in [9.17, 15) is 0 Å². The molecule has 3 nitrogen and oxygen atoms in total. The molecule has 1 aromatic heterocycles. The smallest absolute Gasteiger partial charge is 0.0705 e. The van der Waals surface area contributed by atoms with Crippen molar-refractivity contribution in [2.45, 2.75) is 26.3 Å². The van der Waals surface area contributed by atoms with Crippen molar-refractivity contribution >= 4 is 10.9 Å². The van der Waals surface area contributed by atoms with Gasteiger partial charge in [-0.1, -0.05) is 38.5 Å². The highest BCUT2D eigenvalue weighted by Gasteiger charge is 2.18. The molecule has 2 aromatic rings. The highest BCUT2D eigenvalue weighted by atomic mass is 15.2. The summed E-state index contributed by atoms with van der Waals surface area (Å²) in [7, 11) is 0. The van der Waals surface area contributed by atoms with E-state index < -0.39 is 0 Å². The van der Waals surface area contributed by atoms with E-state index in [1.54, 1.807) is 0 Å². The number of hydrazine groups is 1. The van der Waals surface area contributed by atoms with E-state index in [0.717, 1.165) is 11.9 Å². The number of nitrogens with zero attached hydrogens (tertiary/aromatic N) is 1. The van der Waals surface area contributed by atoms with Gasteiger partial charge in [0.05, 0.1) is 5.52 Å². The Kier molecular flexibility index (Phi) is 3.71. The lowest BCUT2D eigenvalue weighted by Crippen LogP contribution is -2.32. The quantitative estimate of drug-likeness (QED) is 0.626. The van der Waals surface area contributed by atoms with E-state index in [4.69, 9.17) is 5.84 Å². The van der Waals surface area contributed by atoms with E-state index in [1.165, 1.54) is 10.9 Å². The monoisotopic (exact) mass is 229 g/mol. The van der Waals surface area contributed by atoms with Gasteiger partial charge in [0, 0.05) is 17.6 Å². The van der Waals surface area contributed by atoms with Gasteiger partial charge in [-0.25, -0.2) is 0 Å². The summed E-state index contributed by atoms with van der Waals surface area (Å²) in [6.45, 7) is 4.39. The molecule has 0 aliphatic carbocycles. The minimum Gasteiger partial charge on any atom is -0.271 e. The highest BCUT2D eigenvalue weighted by molar-refractivity contribution is 5.82. The summed E-state index contributed by atoms with van der Waals surface area (Å²) in [5.41, 5.74) is 5.18. The molecule has 2 atom stereocenters. The lowest BCUT2D eigenvalue weighted by molar-refractivity contribution is 0.385. The van der Waals surface area contributed by atoms with Crippen LogP contribution in [0.15, 0.2) is 36.5 Å². The molecule has 3 heteroatoms. The van der Waals surface area contributed by atoms with Crippen molar-refractivity contribution in [3.05, 3.63) is 42.1 Å². The number of hydrogen-bond acceptors (Lipinski definition) is 3. The number of fused-ring (bicyclic) bond motifs is 1. The molecule has 2 unspecified atom stereocenters. The van der Waals surface area contributed by atoms with Gasteiger partial charge in [0.2, 0.25) is 0 Å². The van der Waals surface area contributed by atoms with Crippen LogP contribution in [0.5, 0.6) is 0 Å². The Balaban J connectivity index is 2.53. The summed E-state index contributed by atoms with van der Waals surface area (Å²) in [6, 6.07) is 10.4. The molecule has 0 spiro atoms. The lowest BCUT2D eigenvalue weighted by atomic mass is 9.90. The van der Waals surface area contributed by atoms with Crippen molar-refractivity contribution in [3.63, 3.8) is 0 Å². The van der Waals surface area contributed by atoms with Gasteiger partial charge >= 0.3 is 0 Å². The molecule has 1 heterocycles. The van der Waals surface area contributed by atoms with Crippen LogP contribution in [0.3, 0.4) is 0 Å². The molecule has 1 aromatic carbocycles. The topological polar surface area (TPSA) is 50.9 Å². The van der Waals surface area contributed by atoms with E-state index in [-0.39, 0.29) is 6.04 Å². The number of rotatable bonds is 4. The third-order valence-corrected chi connectivity index (χ3v) is 3.41. The summed E-state index contributed by atoms with van der Waals surface area (Å²) < 4.78 is 0. The Bertz CT molecular complexity index is 490. The van der Waals surface area contributed by atoms with Crippen LogP contribution in [0, 0.1) is 5.92 Å². The Hall–Kier alpha value is -1.45. The molecule has 0 aliphatic heterocycles. The van der Waals surface area contributed by atoms with Crippen LogP contribution in [0.4, 0.5) is 0 Å². The zero-order valence-electron chi connectivity index (χ0n) is 10.4. The van der Waals surface area contributed by atoms with E-state index >= 15 is 0 Å². The Morgan fingerprint density at radius 1 is 1.29 bits per heavy atom. The third-order valence-electron chi connectivity index (χ3n) is 3.41. The molecule has 90 valence electrons. The van der Waals surface area contributed by atoms with Gasteiger partial charge in [0.1, 0.15) is 0 Å². The van der Waals surface area contributed by atoms with Gasteiger partial charge in [0.15, 0.2) is 0 Å². The molecule has 3 N–H and O–H groups in total. The lowest BCUT2D eigenvalue weighted by Gasteiger charge is -2.23. The van der Waals surface area contributed by atoms with Crippen LogP contribution >= 0.6 is 0 Å². The molecule has 2 rings (SSSR count). The summed E-state index contributed by atoms with van der Waals surface area (Å²) in [5, 5.41) is 1.18. The minimum atomic E-state index is 0.174. The molecule has 0 saturated carbocycles. The maximum Gasteiger partial charge on any atom is 0.0705 e. The van der Waals surface area contributed by atoms with Crippen LogP contribution in [0.2, 0.25) is 0 Å². The first kappa shape index (κ1) is 12.0. The van der Waals surface area contributed by atoms with Crippen molar-refractivity contribution in [1.82, 2.24) is 10.4 Å². The number of nitrogens with two attached hydrogens (primary N) is 1. The summed E-state index contributed by atoms with van der Waals surface area (Å²) in [6.07, 6.45) is 2.91. The standard InChI is InChI=1S/C14H19N3/c1-3-10(2)14(17-15)12-6-4-8-13-11(12)7-5-9-16-13/h4-10,14,17H,3,15H2,1-2H3. The molecule has 0 bridgehead atoms. The van der Waals surface area contributed by atoms with Crippen LogP contribution in [-0.4, -0.2) is 4.98 Å². The molecule has 0 saturated heterocycles. The van der Waals surface area contributed by atoms with Gasteiger partial charge in [-0.05, 0) is 23.6 Å². The SMILES string of the molecule is CCC(C)C(NN)c1cccc2ncccc12. The number of benzene rings is 1. The van der Waals surface area contributed by atoms with E-state index in [1.807, 2.05) is 24.4 Å². The van der Waals surface area contributed by atoms with Gasteiger partial charge in [-0.2, -0.15) is 0 Å². The zero-order valence-corrected chi connectivity index (χ0v) is 10.4. The second kappa shape index (κ2) is 5.25. The van der Waals surface area contributed by atoms with Crippen molar-refractivity contribution in [2.75, 3.05) is 0 Å². The largest absolute Gasteiger partial charge is 0.271 e. The van der Waals surface area contributed by atoms with Crippen molar-refractivity contribution < 1.29 is 0 Å². The fourth-order valence-electron chi connectivity index (χ4n) is 2.19. The average molecular weight is 229 g/mol. The summed E-state index contributed by atoms with van der Waals surface area (Å²) in [5.74, 6) is 6.19. The average Bonchev–Trinajstić information content (AvgIpc) is 2.39. The second-order valence-corrected chi connectivity index (χ2v) is 4.45. The predicted molar refractivity (Wildman–Crippen MR) is 71.3 cm³/mol. The van der Waals surface area contributed by atoms with Crippen LogP contribution in [0.25, 0.3) is 10.9 Å². The molecule has 0 radical (unpaired) electrons. The molecule has 0 aliphatic rings. The first-order valence-corrected chi connectivity index (χ1v) is 6.07. The van der Waals surface area contributed by atoms with Gasteiger partial charge in [-0.15, -0.1) is 0 Å². The van der Waals surface area contributed by atoms with E-state index in [0.29, 0.717) is 5.92 Å². The fraction of sp³-hybridized carbons (Fsp3) is 0.357. The van der Waals surface area contributed by atoms with Crippen molar-refractivity contribution in [1.29, 1.82) is 0 Å². The number of hydrogen-bond donors (Lipinski definition) is 2. The summed E-state index contributed by atoms with van der Waals surface area (Å²) in [4.78, 5) is 4.38. The Morgan fingerprint density at radius 3 is 2.82 bits per heavy atom. The van der Waals surface area contributed by atoms with Crippen LogP contribution < -0.4 is 11.3 Å². The van der Waals surface area contributed by atoms with Gasteiger partial charge in [-0.3, -0.25) is 16.3 Å². The van der Waals surface area contributed by atoms with Crippen molar-refractivity contribution in [2.24, 2.45) is 11.8 Å². The zero-order chi connectivity index (χ0) is 12.3. The minimum absolute atomic E-state index is 0.174. The molecule has 0 amide bonds. The molecular weight excluding hydrogens is 210 g/mol. The van der Waals surface area contributed by atoms with Gasteiger partial charge < -0.3 is 0 Å². The number of pyridine rings is 1. The second-order valence-electron chi connectivity index (χ2n) is 4.45. The molecule has 0 fully saturated rings. The maximum atomic E-state index is 5.70. The molecule has 17 heavy (non-hydrogen) atoms. The van der Waals surface area contributed by atoms with Crippen molar-refractivity contribution in [3.8, 4) is 0 Å². The fourth-order valence-corrected chi connectivity index (χ4v) is 2.19.